The average Bonchev–Trinajstić information content (AvgIpc) is 2.39. The highest BCUT2D eigenvalue weighted by Gasteiger charge is 2.20. The highest BCUT2D eigenvalue weighted by atomic mass is 16.5. The molecule has 4 heteroatoms. The standard InChI is InChI=1S/C14H32N2O2/c1-6-14(15-7-2)13(3)16(10-12-18-5)9-8-11-17-4/h13-15H,6-12H2,1-5H3. The molecule has 0 bridgehead atoms. The lowest BCUT2D eigenvalue weighted by atomic mass is 10.1. The van der Waals surface area contributed by atoms with Gasteiger partial charge in [0.2, 0.25) is 0 Å². The summed E-state index contributed by atoms with van der Waals surface area (Å²) in [5.74, 6) is 0. The maximum atomic E-state index is 5.21. The van der Waals surface area contributed by atoms with Crippen molar-refractivity contribution in [3.63, 3.8) is 0 Å². The van der Waals surface area contributed by atoms with E-state index in [1.807, 2.05) is 0 Å². The topological polar surface area (TPSA) is 33.7 Å². The van der Waals surface area contributed by atoms with Gasteiger partial charge >= 0.3 is 0 Å². The average molecular weight is 260 g/mol. The van der Waals surface area contributed by atoms with Gasteiger partial charge in [0.1, 0.15) is 0 Å². The van der Waals surface area contributed by atoms with Crippen molar-refractivity contribution in [2.45, 2.75) is 45.7 Å². The summed E-state index contributed by atoms with van der Waals surface area (Å²) in [6.45, 7) is 11.4. The highest BCUT2D eigenvalue weighted by Crippen LogP contribution is 2.08. The lowest BCUT2D eigenvalue weighted by Gasteiger charge is -2.34. The predicted octanol–water partition coefficient (Wildman–Crippen LogP) is 1.75. The van der Waals surface area contributed by atoms with Crippen LogP contribution in [-0.4, -0.2) is 64.1 Å². The van der Waals surface area contributed by atoms with E-state index in [4.69, 9.17) is 9.47 Å². The number of likely N-dealkylation sites (N-methyl/N-ethyl adjacent to an activating group) is 1. The van der Waals surface area contributed by atoms with Crippen LogP contribution in [0.5, 0.6) is 0 Å². The van der Waals surface area contributed by atoms with Gasteiger partial charge in [0.05, 0.1) is 6.61 Å². The summed E-state index contributed by atoms with van der Waals surface area (Å²) < 4.78 is 10.3. The molecule has 0 aliphatic rings. The third-order valence-electron chi connectivity index (χ3n) is 3.44. The Balaban J connectivity index is 4.29. The molecule has 0 saturated carbocycles. The van der Waals surface area contributed by atoms with Crippen molar-refractivity contribution in [1.82, 2.24) is 10.2 Å². The quantitative estimate of drug-likeness (QED) is 0.542. The molecule has 0 radical (unpaired) electrons. The number of methoxy groups -OCH3 is 2. The predicted molar refractivity (Wildman–Crippen MR) is 77.2 cm³/mol. The second-order valence-corrected chi connectivity index (χ2v) is 4.69. The van der Waals surface area contributed by atoms with Crippen LogP contribution in [0.1, 0.15) is 33.6 Å². The minimum atomic E-state index is 0.530. The van der Waals surface area contributed by atoms with Gasteiger partial charge in [0.25, 0.3) is 0 Å². The van der Waals surface area contributed by atoms with Crippen LogP contribution in [0.2, 0.25) is 0 Å². The van der Waals surface area contributed by atoms with Crippen molar-refractivity contribution < 1.29 is 9.47 Å². The molecule has 0 aliphatic carbocycles. The Morgan fingerprint density at radius 2 is 1.72 bits per heavy atom. The Kier molecular flexibility index (Phi) is 11.8. The number of hydrogen-bond acceptors (Lipinski definition) is 4. The molecule has 18 heavy (non-hydrogen) atoms. The van der Waals surface area contributed by atoms with Gasteiger partial charge in [-0.05, 0) is 26.3 Å². The molecule has 0 saturated heterocycles. The van der Waals surface area contributed by atoms with Gasteiger partial charge in [-0.25, -0.2) is 0 Å². The molecule has 110 valence electrons. The summed E-state index contributed by atoms with van der Waals surface area (Å²) in [6, 6.07) is 1.08. The molecule has 0 heterocycles. The number of rotatable bonds is 12. The van der Waals surface area contributed by atoms with Gasteiger partial charge in [-0.15, -0.1) is 0 Å². The minimum Gasteiger partial charge on any atom is -0.385 e. The van der Waals surface area contributed by atoms with Crippen molar-refractivity contribution >= 4 is 0 Å². The first-order valence-corrected chi connectivity index (χ1v) is 7.16. The Hall–Kier alpha value is -0.160. The fourth-order valence-corrected chi connectivity index (χ4v) is 2.31. The number of ether oxygens (including phenoxy) is 2. The van der Waals surface area contributed by atoms with Gasteiger partial charge in [-0.1, -0.05) is 13.8 Å². The van der Waals surface area contributed by atoms with Crippen LogP contribution in [0.3, 0.4) is 0 Å². The van der Waals surface area contributed by atoms with Gasteiger partial charge < -0.3 is 14.8 Å². The van der Waals surface area contributed by atoms with Crippen molar-refractivity contribution in [2.24, 2.45) is 0 Å². The molecule has 0 amide bonds. The van der Waals surface area contributed by atoms with E-state index in [0.29, 0.717) is 12.1 Å². The van der Waals surface area contributed by atoms with E-state index in [1.54, 1.807) is 14.2 Å². The minimum absolute atomic E-state index is 0.530. The highest BCUT2D eigenvalue weighted by molar-refractivity contribution is 4.80. The van der Waals surface area contributed by atoms with Crippen LogP contribution in [0.15, 0.2) is 0 Å². The Morgan fingerprint density at radius 3 is 2.22 bits per heavy atom. The van der Waals surface area contributed by atoms with Crippen LogP contribution in [0.4, 0.5) is 0 Å². The van der Waals surface area contributed by atoms with Crippen LogP contribution < -0.4 is 5.32 Å². The van der Waals surface area contributed by atoms with Gasteiger partial charge in [-0.2, -0.15) is 0 Å². The smallest absolute Gasteiger partial charge is 0.0589 e. The van der Waals surface area contributed by atoms with Crippen LogP contribution >= 0.6 is 0 Å². The zero-order valence-corrected chi connectivity index (χ0v) is 12.9. The van der Waals surface area contributed by atoms with E-state index < -0.39 is 0 Å². The fraction of sp³-hybridized carbons (Fsp3) is 1.00. The molecule has 2 unspecified atom stereocenters. The molecule has 0 aromatic carbocycles. The molecule has 0 aliphatic heterocycles. The van der Waals surface area contributed by atoms with Gasteiger partial charge in [0.15, 0.2) is 0 Å². The summed E-state index contributed by atoms with van der Waals surface area (Å²) in [4.78, 5) is 2.50. The van der Waals surface area contributed by atoms with E-state index in [0.717, 1.165) is 45.7 Å². The molecule has 0 rings (SSSR count). The second-order valence-electron chi connectivity index (χ2n) is 4.69. The number of nitrogens with one attached hydrogen (secondary N) is 1. The Morgan fingerprint density at radius 1 is 1.06 bits per heavy atom. The first-order valence-electron chi connectivity index (χ1n) is 7.16. The van der Waals surface area contributed by atoms with E-state index in [1.165, 1.54) is 0 Å². The molecule has 4 nitrogen and oxygen atoms in total. The SMILES string of the molecule is CCNC(CC)C(C)N(CCCOC)CCOC. The maximum absolute atomic E-state index is 5.21. The zero-order chi connectivity index (χ0) is 13.8. The van der Waals surface area contributed by atoms with Crippen LogP contribution in [-0.2, 0) is 9.47 Å². The van der Waals surface area contributed by atoms with Crippen LogP contribution in [0.25, 0.3) is 0 Å². The van der Waals surface area contributed by atoms with E-state index >= 15 is 0 Å². The lowest BCUT2D eigenvalue weighted by Crippen LogP contribution is -2.49. The van der Waals surface area contributed by atoms with Crippen molar-refractivity contribution in [2.75, 3.05) is 47.1 Å². The third-order valence-corrected chi connectivity index (χ3v) is 3.44. The van der Waals surface area contributed by atoms with E-state index in [-0.39, 0.29) is 0 Å². The van der Waals surface area contributed by atoms with E-state index in [2.05, 4.69) is 31.0 Å². The monoisotopic (exact) mass is 260 g/mol. The maximum Gasteiger partial charge on any atom is 0.0589 e. The summed E-state index contributed by atoms with van der Waals surface area (Å²) in [5, 5.41) is 3.57. The largest absolute Gasteiger partial charge is 0.385 e. The molecule has 0 fully saturated rings. The summed E-state index contributed by atoms with van der Waals surface area (Å²) in [7, 11) is 3.52. The Labute approximate surface area is 113 Å². The number of hydrogen-bond donors (Lipinski definition) is 1. The molecule has 0 aromatic rings. The molecule has 0 spiro atoms. The molecular weight excluding hydrogens is 228 g/mol. The summed E-state index contributed by atoms with van der Waals surface area (Å²) in [5.41, 5.74) is 0. The first kappa shape index (κ1) is 17.8. The van der Waals surface area contributed by atoms with E-state index in [9.17, 15) is 0 Å². The summed E-state index contributed by atoms with van der Waals surface area (Å²) in [6.07, 6.45) is 2.23. The molecular formula is C14H32N2O2. The van der Waals surface area contributed by atoms with Gasteiger partial charge in [-0.3, -0.25) is 4.90 Å². The number of nitrogens with zero attached hydrogens (tertiary/aromatic N) is 1. The molecule has 1 N–H and O–H groups in total. The summed E-state index contributed by atoms with van der Waals surface area (Å²) >= 11 is 0. The third kappa shape index (κ3) is 7.31. The zero-order valence-electron chi connectivity index (χ0n) is 12.9. The fourth-order valence-electron chi connectivity index (χ4n) is 2.31. The van der Waals surface area contributed by atoms with Crippen molar-refractivity contribution in [3.8, 4) is 0 Å². The lowest BCUT2D eigenvalue weighted by molar-refractivity contribution is 0.0963. The van der Waals surface area contributed by atoms with Gasteiger partial charge in [0, 0.05) is 46.0 Å². The Bertz CT molecular complexity index is 179. The molecule has 2 atom stereocenters. The van der Waals surface area contributed by atoms with Crippen molar-refractivity contribution in [1.29, 1.82) is 0 Å². The normalized spacial score (nSPS) is 15.0. The first-order chi connectivity index (χ1) is 8.71. The van der Waals surface area contributed by atoms with Crippen LogP contribution in [0, 0.1) is 0 Å². The molecule has 0 aromatic heterocycles. The second kappa shape index (κ2) is 11.9. The van der Waals surface area contributed by atoms with Crippen molar-refractivity contribution in [3.05, 3.63) is 0 Å².